The number of carbonyl (C=O) groups is 1. The Balaban J connectivity index is 1.50. The van der Waals surface area contributed by atoms with Gasteiger partial charge in [0, 0.05) is 35.8 Å². The van der Waals surface area contributed by atoms with Crippen molar-refractivity contribution in [2.45, 2.75) is 24.1 Å². The maximum atomic E-state index is 14.2. The first kappa shape index (κ1) is 28.1. The first-order valence-corrected chi connectivity index (χ1v) is 13.9. The number of pyridine rings is 2. The lowest BCUT2D eigenvalue weighted by Gasteiger charge is -2.31. The van der Waals surface area contributed by atoms with E-state index < -0.39 is 38.8 Å². The minimum absolute atomic E-state index is 0.0568. The molecule has 4 aromatic rings. The molecule has 14 heteroatoms. The third-order valence-corrected chi connectivity index (χ3v) is 7.85. The van der Waals surface area contributed by atoms with Gasteiger partial charge in [-0.1, -0.05) is 6.07 Å². The number of morpholine rings is 1. The summed E-state index contributed by atoms with van der Waals surface area (Å²) in [5.41, 5.74) is 1.37. The van der Waals surface area contributed by atoms with Gasteiger partial charge >= 0.3 is 5.97 Å². The second kappa shape index (κ2) is 11.2. The SMILES string of the molecule is COc1ncc(-c2ccc3nc(NC4OCCNC4C)c(C(=O)O)cc3c2)cc1NS(=O)(=O)c1ccc(F)cc1F. The number of carboxylic acids is 1. The van der Waals surface area contributed by atoms with Crippen LogP contribution in [0.2, 0.25) is 0 Å². The number of aromatic nitrogens is 2. The number of sulfonamides is 1. The summed E-state index contributed by atoms with van der Waals surface area (Å²) in [6.45, 7) is 3.07. The molecule has 0 bridgehead atoms. The van der Waals surface area contributed by atoms with Crippen LogP contribution in [0.1, 0.15) is 17.3 Å². The minimum Gasteiger partial charge on any atom is -0.480 e. The molecule has 1 aliphatic rings. The summed E-state index contributed by atoms with van der Waals surface area (Å²) in [5, 5.41) is 16.7. The number of fused-ring (bicyclic) bond motifs is 1. The largest absolute Gasteiger partial charge is 0.480 e. The van der Waals surface area contributed by atoms with Crippen LogP contribution in [-0.4, -0.2) is 62.0 Å². The van der Waals surface area contributed by atoms with Gasteiger partial charge in [0.25, 0.3) is 10.0 Å². The average Bonchev–Trinajstić information content (AvgIpc) is 2.93. The molecule has 11 nitrogen and oxygen atoms in total. The number of nitrogens with zero attached hydrogens (tertiary/aromatic N) is 2. The zero-order chi connectivity index (χ0) is 29.3. The monoisotopic (exact) mass is 585 g/mol. The highest BCUT2D eigenvalue weighted by atomic mass is 32.2. The number of hydrogen-bond acceptors (Lipinski definition) is 9. The van der Waals surface area contributed by atoms with Crippen LogP contribution in [-0.2, 0) is 14.8 Å². The normalized spacial score (nSPS) is 17.3. The lowest BCUT2D eigenvalue weighted by atomic mass is 10.0. The number of halogens is 2. The van der Waals surface area contributed by atoms with Crippen molar-refractivity contribution in [1.82, 2.24) is 15.3 Å². The van der Waals surface area contributed by atoms with Crippen molar-refractivity contribution < 1.29 is 36.6 Å². The predicted molar refractivity (Wildman–Crippen MR) is 146 cm³/mol. The molecule has 0 amide bonds. The van der Waals surface area contributed by atoms with E-state index in [1.165, 1.54) is 25.4 Å². The fraction of sp³-hybridized carbons (Fsp3) is 0.222. The predicted octanol–water partition coefficient (Wildman–Crippen LogP) is 3.83. The number of aromatic carboxylic acids is 1. The van der Waals surface area contributed by atoms with Gasteiger partial charge in [0.05, 0.1) is 19.2 Å². The zero-order valence-electron chi connectivity index (χ0n) is 21.8. The van der Waals surface area contributed by atoms with Crippen molar-refractivity contribution in [3.63, 3.8) is 0 Å². The van der Waals surface area contributed by atoms with E-state index >= 15 is 0 Å². The highest BCUT2D eigenvalue weighted by Gasteiger charge is 2.25. The average molecular weight is 586 g/mol. The molecule has 5 rings (SSSR count). The van der Waals surface area contributed by atoms with Gasteiger partial charge in [0.2, 0.25) is 5.88 Å². The second-order valence-corrected chi connectivity index (χ2v) is 10.9. The van der Waals surface area contributed by atoms with Crippen molar-refractivity contribution >= 4 is 38.4 Å². The van der Waals surface area contributed by atoms with Gasteiger partial charge in [0.1, 0.15) is 39.8 Å². The number of anilines is 2. The van der Waals surface area contributed by atoms with Crippen molar-refractivity contribution in [2.75, 3.05) is 30.3 Å². The molecular formula is C27H25F2N5O6S. The second-order valence-electron chi connectivity index (χ2n) is 9.24. The van der Waals surface area contributed by atoms with Crippen LogP contribution in [0.4, 0.5) is 20.3 Å². The van der Waals surface area contributed by atoms with Crippen LogP contribution in [0.3, 0.4) is 0 Å². The van der Waals surface area contributed by atoms with Crippen molar-refractivity contribution in [3.8, 4) is 17.0 Å². The third kappa shape index (κ3) is 5.89. The Morgan fingerprint density at radius 3 is 2.66 bits per heavy atom. The molecule has 214 valence electrons. The fourth-order valence-electron chi connectivity index (χ4n) is 4.39. The number of hydrogen-bond donors (Lipinski definition) is 4. The van der Waals surface area contributed by atoms with Crippen molar-refractivity contribution in [2.24, 2.45) is 0 Å². The van der Waals surface area contributed by atoms with Crippen LogP contribution >= 0.6 is 0 Å². The summed E-state index contributed by atoms with van der Waals surface area (Å²) in [6.07, 6.45) is 0.967. The van der Waals surface area contributed by atoms with E-state index in [1.807, 2.05) is 6.92 Å². The minimum atomic E-state index is -4.47. The first-order valence-electron chi connectivity index (χ1n) is 12.4. The number of ether oxygens (including phenoxy) is 2. The highest BCUT2D eigenvalue weighted by Crippen LogP contribution is 2.33. The number of nitrogens with one attached hydrogen (secondary N) is 3. The smallest absolute Gasteiger partial charge is 0.339 e. The molecule has 1 aliphatic heterocycles. The molecule has 1 fully saturated rings. The van der Waals surface area contributed by atoms with Crippen LogP contribution in [0.25, 0.3) is 22.0 Å². The first-order chi connectivity index (χ1) is 19.6. The maximum Gasteiger partial charge on any atom is 0.339 e. The van der Waals surface area contributed by atoms with E-state index in [4.69, 9.17) is 9.47 Å². The van der Waals surface area contributed by atoms with E-state index in [2.05, 4.69) is 25.3 Å². The Morgan fingerprint density at radius 2 is 1.95 bits per heavy atom. The van der Waals surface area contributed by atoms with Gasteiger partial charge in [-0.05, 0) is 48.9 Å². The molecule has 41 heavy (non-hydrogen) atoms. The molecule has 2 unspecified atom stereocenters. The number of carboxylic acid groups (broad SMARTS) is 1. The van der Waals surface area contributed by atoms with E-state index in [9.17, 15) is 27.1 Å². The van der Waals surface area contributed by atoms with Gasteiger partial charge in [-0.25, -0.2) is 32.0 Å². The molecule has 2 aromatic carbocycles. The summed E-state index contributed by atoms with van der Waals surface area (Å²) in [6, 6.07) is 10.0. The molecule has 3 heterocycles. The topological polar surface area (TPSA) is 152 Å². The van der Waals surface area contributed by atoms with Gasteiger partial charge in [-0.2, -0.15) is 0 Å². The van der Waals surface area contributed by atoms with Gasteiger partial charge < -0.3 is 25.2 Å². The van der Waals surface area contributed by atoms with Gasteiger partial charge in [0.15, 0.2) is 0 Å². The van der Waals surface area contributed by atoms with E-state index in [0.29, 0.717) is 41.2 Å². The molecule has 0 saturated carbocycles. The maximum absolute atomic E-state index is 14.2. The van der Waals surface area contributed by atoms with Gasteiger partial charge in [-0.15, -0.1) is 0 Å². The van der Waals surface area contributed by atoms with Crippen LogP contribution in [0.15, 0.2) is 59.6 Å². The van der Waals surface area contributed by atoms with Crippen LogP contribution < -0.4 is 20.1 Å². The third-order valence-electron chi connectivity index (χ3n) is 6.45. The lowest BCUT2D eigenvalue weighted by molar-refractivity contribution is 0.0191. The van der Waals surface area contributed by atoms with Crippen molar-refractivity contribution in [1.29, 1.82) is 0 Å². The molecule has 0 spiro atoms. The quantitative estimate of drug-likeness (QED) is 0.240. The molecule has 2 aromatic heterocycles. The standard InChI is InChI=1S/C27H25F2N5O6S/c1-14-25(40-8-7-30-14)33-24-19(27(35)36)10-16-9-15(3-5-21(16)32-24)17-11-22(26(39-2)31-13-17)34-41(37,38)23-6-4-18(28)12-20(23)29/h3-6,9-14,25,30,34H,7-8H2,1-2H3,(H,32,33)(H,35,36). The molecule has 1 saturated heterocycles. The fourth-order valence-corrected chi connectivity index (χ4v) is 5.50. The molecule has 4 N–H and O–H groups in total. The number of methoxy groups -OCH3 is 1. The Hall–Kier alpha value is -4.40. The number of benzene rings is 2. The Morgan fingerprint density at radius 1 is 1.15 bits per heavy atom. The summed E-state index contributed by atoms with van der Waals surface area (Å²) in [7, 11) is -3.19. The Labute approximate surface area is 233 Å². The molecule has 0 aliphatic carbocycles. The van der Waals surface area contributed by atoms with E-state index in [-0.39, 0.29) is 29.0 Å². The lowest BCUT2D eigenvalue weighted by Crippen LogP contribution is -2.50. The number of rotatable bonds is 8. The van der Waals surface area contributed by atoms with Crippen LogP contribution in [0.5, 0.6) is 5.88 Å². The molecule has 2 atom stereocenters. The van der Waals surface area contributed by atoms with Crippen LogP contribution in [0, 0.1) is 11.6 Å². The van der Waals surface area contributed by atoms with Gasteiger partial charge in [-0.3, -0.25) is 4.72 Å². The summed E-state index contributed by atoms with van der Waals surface area (Å²) < 4.78 is 66.4. The molecular weight excluding hydrogens is 560 g/mol. The summed E-state index contributed by atoms with van der Waals surface area (Å²) in [4.78, 5) is 20.0. The van der Waals surface area contributed by atoms with Crippen molar-refractivity contribution in [3.05, 3.63) is 71.9 Å². The summed E-state index contributed by atoms with van der Waals surface area (Å²) >= 11 is 0. The highest BCUT2D eigenvalue weighted by molar-refractivity contribution is 7.92. The zero-order valence-corrected chi connectivity index (χ0v) is 22.6. The molecule has 0 radical (unpaired) electrons. The van der Waals surface area contributed by atoms with E-state index in [0.717, 1.165) is 12.1 Å². The summed E-state index contributed by atoms with van der Waals surface area (Å²) in [5.74, 6) is -3.28. The Bertz CT molecular complexity index is 1750. The Kier molecular flexibility index (Phi) is 7.71. The van der Waals surface area contributed by atoms with E-state index in [1.54, 1.807) is 18.2 Å².